The number of carbonyl (C=O) groups is 5. The second kappa shape index (κ2) is 34.9. The molecule has 3 saturated heterocycles. The lowest BCUT2D eigenvalue weighted by Gasteiger charge is -2.27. The fourth-order valence-corrected chi connectivity index (χ4v) is 13.9. The lowest BCUT2D eigenvalue weighted by atomic mass is 10.0. The van der Waals surface area contributed by atoms with Crippen molar-refractivity contribution in [2.75, 3.05) is 63.2 Å². The summed E-state index contributed by atoms with van der Waals surface area (Å²) < 4.78 is 15.0. The van der Waals surface area contributed by atoms with Gasteiger partial charge in [-0.3, -0.25) is 28.9 Å². The number of halogens is 2. The Labute approximate surface area is 610 Å². The number of nitrogens with zero attached hydrogens (tertiary/aromatic N) is 7. The van der Waals surface area contributed by atoms with Gasteiger partial charge in [-0.1, -0.05) is 97.7 Å². The summed E-state index contributed by atoms with van der Waals surface area (Å²) in [6.07, 6.45) is 9.47. The fraction of sp³-hybridized carbons (Fsp3) is 0.338. The Kier molecular flexibility index (Phi) is 24.7. The molecule has 4 amide bonds. The lowest BCUT2D eigenvalue weighted by Crippen LogP contribution is -2.42. The maximum atomic E-state index is 13.6. The zero-order chi connectivity index (χ0) is 71.8. The first-order chi connectivity index (χ1) is 50.3. The van der Waals surface area contributed by atoms with Crippen LogP contribution in [0.1, 0.15) is 144 Å². The second-order valence-electron chi connectivity index (χ2n) is 26.0. The molecule has 3 fully saturated rings. The van der Waals surface area contributed by atoms with E-state index in [0.717, 1.165) is 154 Å². The van der Waals surface area contributed by atoms with Crippen molar-refractivity contribution in [1.29, 1.82) is 0 Å². The Hall–Kier alpha value is -9.87. The summed E-state index contributed by atoms with van der Waals surface area (Å²) >= 11 is 13.2. The third kappa shape index (κ3) is 18.0. The molecule has 0 spiro atoms. The highest BCUT2D eigenvalue weighted by atomic mass is 35.5. The predicted molar refractivity (Wildman–Crippen MR) is 405 cm³/mol. The number of fused-ring (bicyclic) bond motifs is 2. The van der Waals surface area contributed by atoms with Gasteiger partial charge in [-0.25, -0.2) is 19.3 Å². The first-order valence-electron chi connectivity index (χ1n) is 35.7. The number of ether oxygens (including phenoxy) is 2. The molecule has 10 aromatic rings. The molecular weight excluding hydrogens is 1340 g/mol. The molecule has 21 nitrogen and oxygen atoms in total. The molecule has 7 N–H and O–H groups in total. The minimum absolute atomic E-state index is 0.242. The summed E-state index contributed by atoms with van der Waals surface area (Å²) in [6, 6.07) is 41.0. The van der Waals surface area contributed by atoms with Crippen LogP contribution in [-0.4, -0.2) is 129 Å². The standard InChI is InChI=1S/C42H49ClN8O3.C38H39ClN6O4/c1-3-38-35(39(48-33-13-19-54-20-14-33)36-26-47-51(4-2)40(36)49-38)25-46-42(53)32-10-6-9-31(23-32)41(52)45-24-28-11-12-37(43)34(22-28)30-8-5-7-29(21-30)27-50-17-15-44-16-18-50;1-3-34-31(35(43-29-13-15-49-16-14-29)32-22-42-45(4-2)36(32)44-34)21-41-38(48)28-10-6-9-27(19-28)37(47)40-20-24-11-12-33(39)30(18-24)26-8-5-7-25(17-26)23-46/h5-12,21-23,26,33,44H,3-4,13-20,24-25,27H2,1-2H3,(H,45,52)(H,46,53)(H,48,49);5-12,17-19,22-23,29H,3-4,13-16,20-21H2,1-2H3,(H,40,47)(H,41,48)(H,43,44). The van der Waals surface area contributed by atoms with Crippen molar-refractivity contribution in [2.24, 2.45) is 0 Å². The molecule has 0 bridgehead atoms. The topological polar surface area (TPSA) is 253 Å². The highest BCUT2D eigenvalue weighted by Gasteiger charge is 2.26. The average Bonchev–Trinajstić information content (AvgIpc) is 1.75. The maximum Gasteiger partial charge on any atom is 0.251 e. The van der Waals surface area contributed by atoms with E-state index in [-0.39, 0.29) is 55.3 Å². The summed E-state index contributed by atoms with van der Waals surface area (Å²) in [4.78, 5) is 77.3. The smallest absolute Gasteiger partial charge is 0.251 e. The van der Waals surface area contributed by atoms with E-state index in [1.807, 2.05) is 65.1 Å². The minimum atomic E-state index is -0.312. The van der Waals surface area contributed by atoms with Crippen LogP contribution < -0.4 is 37.2 Å². The molecular formula is C80H88Cl2N14O7. The van der Waals surface area contributed by atoms with Crippen LogP contribution in [0.4, 0.5) is 11.4 Å². The summed E-state index contributed by atoms with van der Waals surface area (Å²) in [5.74, 6) is -1.14. The number of nitrogens with one attached hydrogen (secondary N) is 7. The van der Waals surface area contributed by atoms with E-state index in [1.165, 1.54) is 5.56 Å². The van der Waals surface area contributed by atoms with Gasteiger partial charge >= 0.3 is 0 Å². The number of aromatic nitrogens is 6. The molecule has 3 aliphatic heterocycles. The number of hydrogen-bond donors (Lipinski definition) is 7. The summed E-state index contributed by atoms with van der Waals surface area (Å²) in [5.41, 5.74) is 15.9. The van der Waals surface area contributed by atoms with Gasteiger partial charge in [0.25, 0.3) is 23.6 Å². The summed E-state index contributed by atoms with van der Waals surface area (Å²) in [5, 5.41) is 35.3. The Morgan fingerprint density at radius 3 is 1.38 bits per heavy atom. The van der Waals surface area contributed by atoms with Crippen molar-refractivity contribution in [3.05, 3.63) is 223 Å². The molecule has 4 aromatic heterocycles. The van der Waals surface area contributed by atoms with E-state index in [4.69, 9.17) is 42.6 Å². The first kappa shape index (κ1) is 72.9. The van der Waals surface area contributed by atoms with Crippen LogP contribution in [-0.2, 0) is 68.1 Å². The van der Waals surface area contributed by atoms with Gasteiger partial charge in [0.2, 0.25) is 0 Å². The van der Waals surface area contributed by atoms with Gasteiger partial charge in [0.15, 0.2) is 11.3 Å². The fourth-order valence-electron chi connectivity index (χ4n) is 13.5. The van der Waals surface area contributed by atoms with Crippen molar-refractivity contribution in [2.45, 2.75) is 124 Å². The number of carbonyl (C=O) groups excluding carboxylic acids is 5. The van der Waals surface area contributed by atoms with Crippen molar-refractivity contribution in [1.82, 2.24) is 61.0 Å². The van der Waals surface area contributed by atoms with Gasteiger partial charge < -0.3 is 46.7 Å². The number of aryl methyl sites for hydroxylation is 4. The molecule has 23 heteroatoms. The number of rotatable bonds is 25. The Bertz CT molecular complexity index is 4690. The molecule has 103 heavy (non-hydrogen) atoms. The molecule has 3 aliphatic rings. The third-order valence-electron chi connectivity index (χ3n) is 19.1. The molecule has 0 saturated carbocycles. The van der Waals surface area contributed by atoms with Gasteiger partial charge in [-0.05, 0) is 153 Å². The van der Waals surface area contributed by atoms with Crippen LogP contribution >= 0.6 is 23.2 Å². The Balaban J connectivity index is 0.000000195. The van der Waals surface area contributed by atoms with E-state index in [0.29, 0.717) is 96.8 Å². The SMILES string of the molecule is CCc1nc2c(cnn2CC)c(NC2CCOCC2)c1CNC(=O)c1cccc(C(=O)NCc2ccc(Cl)c(-c3cccc(C=O)c3)c2)c1.CCc1nc2c(cnn2CC)c(NC2CCOCC2)c1CNC(=O)c1cccc(C(=O)NCc2ccc(Cl)c(-c3cccc(CN4CCNCC4)c3)c2)c1. The molecule has 534 valence electrons. The monoisotopic (exact) mass is 1430 g/mol. The van der Waals surface area contributed by atoms with Crippen LogP contribution in [0.15, 0.2) is 146 Å². The predicted octanol–water partition coefficient (Wildman–Crippen LogP) is 12.8. The zero-order valence-electron chi connectivity index (χ0n) is 58.7. The molecule has 13 rings (SSSR count). The highest BCUT2D eigenvalue weighted by Crippen LogP contribution is 2.35. The number of anilines is 2. The van der Waals surface area contributed by atoms with Crippen LogP contribution in [0.25, 0.3) is 44.3 Å². The number of hydrogen-bond acceptors (Lipinski definition) is 15. The van der Waals surface area contributed by atoms with E-state index < -0.39 is 0 Å². The molecule has 0 aliphatic carbocycles. The molecule has 6 aromatic carbocycles. The number of amides is 4. The number of piperazine rings is 1. The quantitative estimate of drug-likeness (QED) is 0.0263. The van der Waals surface area contributed by atoms with E-state index in [9.17, 15) is 24.0 Å². The Morgan fingerprint density at radius 2 is 0.942 bits per heavy atom. The van der Waals surface area contributed by atoms with Gasteiger partial charge in [0, 0.05) is 182 Å². The van der Waals surface area contributed by atoms with Gasteiger partial charge in [-0.15, -0.1) is 0 Å². The highest BCUT2D eigenvalue weighted by molar-refractivity contribution is 6.33. The van der Waals surface area contributed by atoms with Crippen molar-refractivity contribution >= 4 is 86.6 Å². The molecule has 0 unspecified atom stereocenters. The lowest BCUT2D eigenvalue weighted by molar-refractivity contribution is 0.0903. The maximum absolute atomic E-state index is 13.6. The van der Waals surface area contributed by atoms with Gasteiger partial charge in [0.05, 0.1) is 34.5 Å². The molecule has 0 atom stereocenters. The largest absolute Gasteiger partial charge is 0.381 e. The normalized spacial score (nSPS) is 14.3. The Morgan fingerprint density at radius 1 is 0.515 bits per heavy atom. The van der Waals surface area contributed by atoms with Crippen molar-refractivity contribution in [3.8, 4) is 22.3 Å². The molecule has 0 radical (unpaired) electrons. The van der Waals surface area contributed by atoms with Crippen LogP contribution in [0.3, 0.4) is 0 Å². The third-order valence-corrected chi connectivity index (χ3v) is 19.8. The number of benzene rings is 6. The average molecular weight is 1430 g/mol. The van der Waals surface area contributed by atoms with Crippen LogP contribution in [0.5, 0.6) is 0 Å². The summed E-state index contributed by atoms with van der Waals surface area (Å²) in [6.45, 7) is 18.6. The van der Waals surface area contributed by atoms with Crippen LogP contribution in [0.2, 0.25) is 10.0 Å². The van der Waals surface area contributed by atoms with Crippen molar-refractivity contribution < 1.29 is 33.4 Å². The number of pyridine rings is 2. The van der Waals surface area contributed by atoms with Gasteiger partial charge in [-0.2, -0.15) is 10.2 Å². The second-order valence-corrected chi connectivity index (χ2v) is 26.8. The van der Waals surface area contributed by atoms with Gasteiger partial charge in [0.1, 0.15) is 6.29 Å². The first-order valence-corrected chi connectivity index (χ1v) is 36.4. The van der Waals surface area contributed by atoms with E-state index in [1.54, 1.807) is 72.8 Å². The van der Waals surface area contributed by atoms with E-state index >= 15 is 0 Å². The minimum Gasteiger partial charge on any atom is -0.381 e. The number of aldehydes is 1. The van der Waals surface area contributed by atoms with Crippen LogP contribution in [0, 0.1) is 0 Å². The summed E-state index contributed by atoms with van der Waals surface area (Å²) in [7, 11) is 0. The zero-order valence-corrected chi connectivity index (χ0v) is 60.2. The van der Waals surface area contributed by atoms with E-state index in [2.05, 4.69) is 97.4 Å². The molecule has 7 heterocycles. The van der Waals surface area contributed by atoms with Crippen molar-refractivity contribution in [3.63, 3.8) is 0 Å².